The third-order valence-corrected chi connectivity index (χ3v) is 4.67. The number of carboxylic acids is 1. The normalized spacial score (nSPS) is 20.1. The number of nitrogens with zero attached hydrogens (tertiary/aromatic N) is 2. The van der Waals surface area contributed by atoms with Gasteiger partial charge in [0.1, 0.15) is 6.04 Å². The van der Waals surface area contributed by atoms with Gasteiger partial charge < -0.3 is 5.11 Å². The average molecular weight is 310 g/mol. The minimum absolute atomic E-state index is 0.0411. The zero-order chi connectivity index (χ0) is 16.2. The smallest absolute Gasteiger partial charge is 0.320 e. The Bertz CT molecular complexity index is 672. The standard InChI is InChI=1S/C19H22N2O2/c1-14-6-2-3-7-16(14)18(15-9-11-20-12-10-15)21-13-5-4-8-17(21)19(22)23/h2-3,6-7,9-12,17-18H,4-5,8,13H2,1H3,(H,22,23). The van der Waals surface area contributed by atoms with Crippen molar-refractivity contribution in [2.24, 2.45) is 0 Å². The highest BCUT2D eigenvalue weighted by Gasteiger charge is 2.35. The molecule has 1 saturated heterocycles. The van der Waals surface area contributed by atoms with Gasteiger partial charge in [0, 0.05) is 12.4 Å². The van der Waals surface area contributed by atoms with Crippen LogP contribution in [0.5, 0.6) is 0 Å². The van der Waals surface area contributed by atoms with Gasteiger partial charge in [0.2, 0.25) is 0 Å². The first kappa shape index (κ1) is 15.7. The Labute approximate surface area is 136 Å². The zero-order valence-corrected chi connectivity index (χ0v) is 13.4. The lowest BCUT2D eigenvalue weighted by atomic mass is 9.90. The van der Waals surface area contributed by atoms with Gasteiger partial charge >= 0.3 is 5.97 Å². The fourth-order valence-corrected chi connectivity index (χ4v) is 3.52. The predicted molar refractivity (Wildman–Crippen MR) is 89.2 cm³/mol. The molecular weight excluding hydrogens is 288 g/mol. The lowest BCUT2D eigenvalue weighted by molar-refractivity contribution is -0.145. The van der Waals surface area contributed by atoms with Crippen molar-refractivity contribution < 1.29 is 9.90 Å². The van der Waals surface area contributed by atoms with Crippen LogP contribution in [0.4, 0.5) is 0 Å². The fraction of sp³-hybridized carbons (Fsp3) is 0.368. The van der Waals surface area contributed by atoms with E-state index in [1.807, 2.05) is 24.3 Å². The summed E-state index contributed by atoms with van der Waals surface area (Å²) in [6.45, 7) is 2.89. The lowest BCUT2D eigenvalue weighted by Crippen LogP contribution is -2.47. The van der Waals surface area contributed by atoms with Crippen molar-refractivity contribution in [3.8, 4) is 0 Å². The van der Waals surface area contributed by atoms with E-state index < -0.39 is 12.0 Å². The minimum atomic E-state index is -0.725. The Kier molecular flexibility index (Phi) is 4.72. The summed E-state index contributed by atoms with van der Waals surface area (Å²) in [5.41, 5.74) is 3.46. The van der Waals surface area contributed by atoms with Gasteiger partial charge in [-0.05, 0) is 55.1 Å². The van der Waals surface area contributed by atoms with Gasteiger partial charge in [0.25, 0.3) is 0 Å². The van der Waals surface area contributed by atoms with Crippen LogP contribution in [0.25, 0.3) is 0 Å². The van der Waals surface area contributed by atoms with Crippen LogP contribution in [-0.2, 0) is 4.79 Å². The molecule has 0 saturated carbocycles. The van der Waals surface area contributed by atoms with Gasteiger partial charge in [-0.3, -0.25) is 14.7 Å². The van der Waals surface area contributed by atoms with Gasteiger partial charge in [-0.2, -0.15) is 0 Å². The van der Waals surface area contributed by atoms with E-state index in [4.69, 9.17) is 0 Å². The molecule has 4 nitrogen and oxygen atoms in total. The quantitative estimate of drug-likeness (QED) is 0.940. The molecule has 1 aromatic heterocycles. The van der Waals surface area contributed by atoms with Gasteiger partial charge in [-0.15, -0.1) is 0 Å². The van der Waals surface area contributed by atoms with Crippen LogP contribution in [0.2, 0.25) is 0 Å². The molecule has 1 aliphatic rings. The average Bonchev–Trinajstić information content (AvgIpc) is 2.58. The molecule has 2 aromatic rings. The highest BCUT2D eigenvalue weighted by atomic mass is 16.4. The number of likely N-dealkylation sites (tertiary alicyclic amines) is 1. The topological polar surface area (TPSA) is 53.4 Å². The molecule has 0 bridgehead atoms. The number of pyridine rings is 1. The molecule has 3 rings (SSSR count). The first-order valence-electron chi connectivity index (χ1n) is 8.12. The largest absolute Gasteiger partial charge is 0.480 e. The second-order valence-corrected chi connectivity index (χ2v) is 6.13. The van der Waals surface area contributed by atoms with Crippen LogP contribution in [0.3, 0.4) is 0 Å². The summed E-state index contributed by atoms with van der Waals surface area (Å²) < 4.78 is 0. The molecule has 0 radical (unpaired) electrons. The second kappa shape index (κ2) is 6.92. The van der Waals surface area contributed by atoms with Gasteiger partial charge in [-0.25, -0.2) is 0 Å². The molecule has 1 N–H and O–H groups in total. The number of aliphatic carboxylic acids is 1. The number of rotatable bonds is 4. The van der Waals surface area contributed by atoms with Crippen molar-refractivity contribution in [1.82, 2.24) is 9.88 Å². The summed E-state index contributed by atoms with van der Waals surface area (Å²) >= 11 is 0. The molecule has 2 atom stereocenters. The van der Waals surface area contributed by atoms with Crippen LogP contribution < -0.4 is 0 Å². The maximum atomic E-state index is 11.8. The summed E-state index contributed by atoms with van der Waals surface area (Å²) in [4.78, 5) is 18.0. The van der Waals surface area contributed by atoms with E-state index in [9.17, 15) is 9.90 Å². The second-order valence-electron chi connectivity index (χ2n) is 6.13. The summed E-state index contributed by atoms with van der Waals surface area (Å²) in [5, 5.41) is 9.67. The first-order chi connectivity index (χ1) is 11.2. The summed E-state index contributed by atoms with van der Waals surface area (Å²) in [7, 11) is 0. The molecule has 120 valence electrons. The Balaban J connectivity index is 2.08. The Morgan fingerprint density at radius 3 is 2.65 bits per heavy atom. The summed E-state index contributed by atoms with van der Waals surface area (Å²) in [5.74, 6) is -0.725. The van der Waals surface area contributed by atoms with Crippen LogP contribution in [-0.4, -0.2) is 33.5 Å². The molecule has 23 heavy (non-hydrogen) atoms. The lowest BCUT2D eigenvalue weighted by Gasteiger charge is -2.40. The zero-order valence-electron chi connectivity index (χ0n) is 13.4. The van der Waals surface area contributed by atoms with E-state index in [1.165, 1.54) is 11.1 Å². The summed E-state index contributed by atoms with van der Waals surface area (Å²) in [6.07, 6.45) is 6.28. The minimum Gasteiger partial charge on any atom is -0.480 e. The molecule has 4 heteroatoms. The molecule has 0 amide bonds. The molecule has 0 aliphatic carbocycles. The van der Waals surface area contributed by atoms with Crippen LogP contribution in [0, 0.1) is 6.92 Å². The summed E-state index contributed by atoms with van der Waals surface area (Å²) in [6, 6.07) is 11.7. The van der Waals surface area contributed by atoms with E-state index in [0.717, 1.165) is 24.9 Å². The number of piperidine rings is 1. The van der Waals surface area contributed by atoms with Crippen molar-refractivity contribution in [1.29, 1.82) is 0 Å². The van der Waals surface area contributed by atoms with E-state index in [0.29, 0.717) is 6.42 Å². The van der Waals surface area contributed by atoms with Crippen molar-refractivity contribution in [3.05, 3.63) is 65.5 Å². The number of hydrogen-bond donors (Lipinski definition) is 1. The molecule has 0 spiro atoms. The third-order valence-electron chi connectivity index (χ3n) is 4.67. The molecule has 1 aromatic carbocycles. The van der Waals surface area contributed by atoms with Crippen molar-refractivity contribution in [2.45, 2.75) is 38.3 Å². The highest BCUT2D eigenvalue weighted by molar-refractivity contribution is 5.73. The number of carbonyl (C=O) groups is 1. The molecule has 2 unspecified atom stereocenters. The van der Waals surface area contributed by atoms with Crippen LogP contribution in [0.1, 0.15) is 42.0 Å². The van der Waals surface area contributed by atoms with Crippen LogP contribution >= 0.6 is 0 Å². The van der Waals surface area contributed by atoms with Crippen molar-refractivity contribution in [2.75, 3.05) is 6.54 Å². The van der Waals surface area contributed by atoms with Crippen LogP contribution in [0.15, 0.2) is 48.8 Å². The highest BCUT2D eigenvalue weighted by Crippen LogP contribution is 2.35. The SMILES string of the molecule is Cc1ccccc1C(c1ccncc1)N1CCCCC1C(=O)O. The number of aryl methyl sites for hydroxylation is 1. The van der Waals surface area contributed by atoms with Crippen molar-refractivity contribution in [3.63, 3.8) is 0 Å². The number of carboxylic acid groups (broad SMARTS) is 1. The van der Waals surface area contributed by atoms with E-state index >= 15 is 0 Å². The van der Waals surface area contributed by atoms with E-state index in [2.05, 4.69) is 28.9 Å². The third kappa shape index (κ3) is 3.27. The Morgan fingerprint density at radius 1 is 1.22 bits per heavy atom. The monoisotopic (exact) mass is 310 g/mol. The number of aromatic nitrogens is 1. The molecule has 2 heterocycles. The molecular formula is C19H22N2O2. The Hall–Kier alpha value is -2.20. The van der Waals surface area contributed by atoms with Gasteiger partial charge in [0.05, 0.1) is 6.04 Å². The molecule has 1 fully saturated rings. The van der Waals surface area contributed by atoms with Gasteiger partial charge in [0.15, 0.2) is 0 Å². The molecule has 1 aliphatic heterocycles. The number of hydrogen-bond acceptors (Lipinski definition) is 3. The van der Waals surface area contributed by atoms with E-state index in [-0.39, 0.29) is 6.04 Å². The van der Waals surface area contributed by atoms with Crippen molar-refractivity contribution >= 4 is 5.97 Å². The fourth-order valence-electron chi connectivity index (χ4n) is 3.52. The maximum Gasteiger partial charge on any atom is 0.320 e. The predicted octanol–water partition coefficient (Wildman–Crippen LogP) is 3.42. The maximum absolute atomic E-state index is 11.8. The van der Waals surface area contributed by atoms with Gasteiger partial charge in [-0.1, -0.05) is 30.7 Å². The van der Waals surface area contributed by atoms with E-state index in [1.54, 1.807) is 12.4 Å². The first-order valence-corrected chi connectivity index (χ1v) is 8.12. The number of benzene rings is 1. The Morgan fingerprint density at radius 2 is 1.96 bits per heavy atom.